The fraction of sp³-hybridized carbons (Fsp3) is 0.333. The van der Waals surface area contributed by atoms with Gasteiger partial charge in [-0.1, -0.05) is 5.16 Å². The van der Waals surface area contributed by atoms with Crippen molar-refractivity contribution in [2.45, 2.75) is 32.6 Å². The molecule has 0 radical (unpaired) electrons. The zero-order valence-corrected chi connectivity index (χ0v) is 16.6. The summed E-state index contributed by atoms with van der Waals surface area (Å²) in [4.78, 5) is 22.5. The number of amides is 1. The lowest BCUT2D eigenvalue weighted by Crippen LogP contribution is -2.39. The van der Waals surface area contributed by atoms with Crippen molar-refractivity contribution in [3.8, 4) is 17.2 Å². The van der Waals surface area contributed by atoms with E-state index in [1.807, 2.05) is 19.9 Å². The minimum Gasteiger partial charge on any atom is -0.408 e. The first-order chi connectivity index (χ1) is 14.4. The van der Waals surface area contributed by atoms with Gasteiger partial charge in [-0.3, -0.25) is 4.98 Å². The molecule has 3 aromatic rings. The summed E-state index contributed by atoms with van der Waals surface area (Å²) in [6, 6.07) is 5.03. The molecule has 1 aliphatic rings. The number of likely N-dealkylation sites (tertiary alicyclic amines) is 1. The third-order valence-electron chi connectivity index (χ3n) is 5.12. The fourth-order valence-corrected chi connectivity index (χ4v) is 3.44. The van der Waals surface area contributed by atoms with E-state index in [0.29, 0.717) is 37.5 Å². The Balaban J connectivity index is 1.37. The lowest BCUT2D eigenvalue weighted by Gasteiger charge is -2.29. The lowest BCUT2D eigenvalue weighted by atomic mass is 9.96. The number of pyridine rings is 1. The maximum Gasteiger partial charge on any atom is 0.415 e. The number of benzene rings is 1. The van der Waals surface area contributed by atoms with E-state index >= 15 is 0 Å². The van der Waals surface area contributed by atoms with Crippen LogP contribution >= 0.6 is 0 Å². The number of carbonyl (C=O) groups excluding carboxylic acids is 1. The Bertz CT molecular complexity index is 1080. The first-order valence-corrected chi connectivity index (χ1v) is 9.59. The highest BCUT2D eigenvalue weighted by molar-refractivity contribution is 5.71. The van der Waals surface area contributed by atoms with Gasteiger partial charge in [0.1, 0.15) is 11.6 Å². The van der Waals surface area contributed by atoms with E-state index in [9.17, 15) is 13.6 Å². The average Bonchev–Trinajstić information content (AvgIpc) is 3.20. The van der Waals surface area contributed by atoms with Crippen LogP contribution in [-0.4, -0.2) is 39.2 Å². The van der Waals surface area contributed by atoms with Gasteiger partial charge < -0.3 is 14.2 Å². The number of hydrogen-bond donors (Lipinski definition) is 0. The Morgan fingerprint density at radius 3 is 2.67 bits per heavy atom. The summed E-state index contributed by atoms with van der Waals surface area (Å²) in [6.45, 7) is 4.67. The Morgan fingerprint density at radius 2 is 1.97 bits per heavy atom. The summed E-state index contributed by atoms with van der Waals surface area (Å²) >= 11 is 0. The monoisotopic (exact) mass is 414 g/mol. The van der Waals surface area contributed by atoms with Crippen LogP contribution in [0.25, 0.3) is 11.5 Å². The highest BCUT2D eigenvalue weighted by Gasteiger charge is 2.28. The van der Waals surface area contributed by atoms with Gasteiger partial charge in [0.05, 0.1) is 11.8 Å². The molecule has 2 aromatic heterocycles. The van der Waals surface area contributed by atoms with Crippen molar-refractivity contribution >= 4 is 6.09 Å². The molecule has 0 spiro atoms. The number of aromatic nitrogens is 3. The molecule has 0 N–H and O–H groups in total. The molecule has 1 amide bonds. The number of piperidine rings is 1. The summed E-state index contributed by atoms with van der Waals surface area (Å²) < 4.78 is 37.6. The predicted molar refractivity (Wildman–Crippen MR) is 103 cm³/mol. The van der Waals surface area contributed by atoms with Crippen molar-refractivity contribution < 1.29 is 22.8 Å². The Morgan fingerprint density at radius 1 is 1.20 bits per heavy atom. The zero-order chi connectivity index (χ0) is 21.3. The first kappa shape index (κ1) is 19.9. The number of halogens is 2. The topological polar surface area (TPSA) is 81.4 Å². The number of hydrogen-bond acceptors (Lipinski definition) is 6. The number of aryl methyl sites for hydroxylation is 2. The smallest absolute Gasteiger partial charge is 0.408 e. The molecule has 0 unspecified atom stereocenters. The number of rotatable bonds is 3. The molecule has 0 atom stereocenters. The van der Waals surface area contributed by atoms with E-state index in [1.54, 1.807) is 11.1 Å². The fourth-order valence-electron chi connectivity index (χ4n) is 3.44. The van der Waals surface area contributed by atoms with E-state index in [1.165, 1.54) is 6.07 Å². The number of nitrogens with zero attached hydrogens (tertiary/aromatic N) is 4. The molecule has 1 fully saturated rings. The van der Waals surface area contributed by atoms with Crippen LogP contribution in [0.2, 0.25) is 0 Å². The Hall–Kier alpha value is -3.36. The van der Waals surface area contributed by atoms with Gasteiger partial charge in [0.2, 0.25) is 0 Å². The standard InChI is InChI=1S/C21H20F2N4O3/c1-12-9-13(2)24-11-18(12)29-21(28)27-7-5-14(6-8-27)19-25-20(30-26-19)16-4-3-15(22)10-17(16)23/h3-4,9-11,14H,5-8H2,1-2H3. The van der Waals surface area contributed by atoms with Crippen LogP contribution in [0.4, 0.5) is 13.6 Å². The number of ether oxygens (including phenoxy) is 1. The molecule has 9 heteroatoms. The maximum absolute atomic E-state index is 13.9. The minimum absolute atomic E-state index is 0.00619. The van der Waals surface area contributed by atoms with Gasteiger partial charge >= 0.3 is 6.09 Å². The van der Waals surface area contributed by atoms with Crippen LogP contribution in [-0.2, 0) is 0 Å². The van der Waals surface area contributed by atoms with Crippen molar-refractivity contribution in [3.63, 3.8) is 0 Å². The third-order valence-corrected chi connectivity index (χ3v) is 5.12. The molecule has 0 aliphatic carbocycles. The van der Waals surface area contributed by atoms with Crippen LogP contribution < -0.4 is 4.74 Å². The number of carbonyl (C=O) groups is 1. The van der Waals surface area contributed by atoms with Gasteiger partial charge in [-0.05, 0) is 50.5 Å². The Kier molecular flexibility index (Phi) is 5.43. The van der Waals surface area contributed by atoms with E-state index in [0.717, 1.165) is 23.4 Å². The second-order valence-electron chi connectivity index (χ2n) is 7.30. The van der Waals surface area contributed by atoms with Gasteiger partial charge in [0.15, 0.2) is 11.6 Å². The van der Waals surface area contributed by atoms with Crippen LogP contribution in [0.5, 0.6) is 5.75 Å². The van der Waals surface area contributed by atoms with Crippen molar-refractivity contribution in [3.05, 3.63) is 59.2 Å². The molecule has 0 bridgehead atoms. The molecule has 30 heavy (non-hydrogen) atoms. The van der Waals surface area contributed by atoms with Gasteiger partial charge in [-0.15, -0.1) is 0 Å². The molecule has 3 heterocycles. The molecule has 7 nitrogen and oxygen atoms in total. The minimum atomic E-state index is -0.761. The molecule has 156 valence electrons. The Labute approximate surface area is 171 Å². The van der Waals surface area contributed by atoms with Crippen molar-refractivity contribution in [1.29, 1.82) is 0 Å². The molecule has 4 rings (SSSR count). The highest BCUT2D eigenvalue weighted by atomic mass is 19.1. The molecular weight excluding hydrogens is 394 g/mol. The molecule has 0 saturated carbocycles. The van der Waals surface area contributed by atoms with Crippen LogP contribution in [0.15, 0.2) is 35.0 Å². The van der Waals surface area contributed by atoms with Crippen LogP contribution in [0.3, 0.4) is 0 Å². The van der Waals surface area contributed by atoms with E-state index in [4.69, 9.17) is 9.26 Å². The van der Waals surface area contributed by atoms with Gasteiger partial charge in [0.25, 0.3) is 5.89 Å². The predicted octanol–water partition coefficient (Wildman–Crippen LogP) is 4.41. The summed E-state index contributed by atoms with van der Waals surface area (Å²) in [7, 11) is 0. The summed E-state index contributed by atoms with van der Waals surface area (Å²) in [5, 5.41) is 3.95. The van der Waals surface area contributed by atoms with Crippen LogP contribution in [0, 0.1) is 25.5 Å². The maximum atomic E-state index is 13.9. The normalized spacial score (nSPS) is 14.7. The third kappa shape index (κ3) is 4.14. The second-order valence-corrected chi connectivity index (χ2v) is 7.30. The van der Waals surface area contributed by atoms with Crippen molar-refractivity contribution in [2.75, 3.05) is 13.1 Å². The van der Waals surface area contributed by atoms with Crippen molar-refractivity contribution in [1.82, 2.24) is 20.0 Å². The van der Waals surface area contributed by atoms with E-state index < -0.39 is 17.7 Å². The molecular formula is C21H20F2N4O3. The average molecular weight is 414 g/mol. The molecule has 1 saturated heterocycles. The highest BCUT2D eigenvalue weighted by Crippen LogP contribution is 2.29. The van der Waals surface area contributed by atoms with E-state index in [-0.39, 0.29) is 17.4 Å². The van der Waals surface area contributed by atoms with Crippen molar-refractivity contribution in [2.24, 2.45) is 0 Å². The molecule has 1 aliphatic heterocycles. The summed E-state index contributed by atoms with van der Waals surface area (Å²) in [6.07, 6.45) is 2.35. The zero-order valence-electron chi connectivity index (χ0n) is 16.6. The lowest BCUT2D eigenvalue weighted by molar-refractivity contribution is 0.137. The van der Waals surface area contributed by atoms with Crippen LogP contribution in [0.1, 0.15) is 35.8 Å². The summed E-state index contributed by atoms with van der Waals surface area (Å²) in [5.41, 5.74) is 1.75. The van der Waals surface area contributed by atoms with E-state index in [2.05, 4.69) is 15.1 Å². The van der Waals surface area contributed by atoms with Gasteiger partial charge in [-0.25, -0.2) is 13.6 Å². The quantitative estimate of drug-likeness (QED) is 0.632. The first-order valence-electron chi connectivity index (χ1n) is 9.59. The second kappa shape index (κ2) is 8.17. The SMILES string of the molecule is Cc1cc(C)c(OC(=O)N2CCC(c3noc(-c4ccc(F)cc4F)n3)CC2)cn1. The van der Waals surface area contributed by atoms with Gasteiger partial charge in [0, 0.05) is 30.8 Å². The molecule has 1 aromatic carbocycles. The van der Waals surface area contributed by atoms with Gasteiger partial charge in [-0.2, -0.15) is 4.98 Å². The largest absolute Gasteiger partial charge is 0.415 e. The summed E-state index contributed by atoms with van der Waals surface area (Å²) in [5.74, 6) is -0.572.